The normalized spacial score (nSPS) is 30.0. The molecule has 0 aromatic rings. The minimum Gasteiger partial charge on any atom is -0.315 e. The van der Waals surface area contributed by atoms with Gasteiger partial charge in [-0.1, -0.05) is 95.9 Å². The highest BCUT2D eigenvalue weighted by Crippen LogP contribution is 2.28. The quantitative estimate of drug-likeness (QED) is 0.106. The lowest BCUT2D eigenvalue weighted by Gasteiger charge is -2.30. The van der Waals surface area contributed by atoms with Crippen molar-refractivity contribution in [1.29, 1.82) is 0 Å². The van der Waals surface area contributed by atoms with Crippen LogP contribution in [-0.4, -0.2) is 343 Å². The Kier molecular flexibility index (Phi) is 38.2. The van der Waals surface area contributed by atoms with E-state index in [9.17, 15) is 0 Å². The van der Waals surface area contributed by atoms with Crippen LogP contribution in [0.25, 0.3) is 0 Å². The molecule has 0 saturated carbocycles. The minimum absolute atomic E-state index is 0.754. The average molecular weight is 1240 g/mol. The number of hydrogen-bond donors (Lipinski definition) is 0. The SMILES string of the molecule is CCC(C)N1C[N+](C)(C)CC1CC.CCCC1CN(C(C)CC)C[N+]1(C)C.CCCC1C[N+](C)(C)CN1C(C)CC.CCCN1CC(C)[N+](C)(C)C1.CCCN1CC(CC)[N+](C)(C)C1.CCCN1C[N+](C)(C)CC1C.CCCN1C[N+](C)(C)CC1CC. The largest absolute Gasteiger partial charge is 0.315 e. The fourth-order valence-electron chi connectivity index (χ4n) is 16.0. The highest BCUT2D eigenvalue weighted by atomic mass is 15.5. The maximum Gasteiger partial charge on any atom is 0.135 e. The van der Waals surface area contributed by atoms with Gasteiger partial charge in [0.05, 0.1) is 175 Å². The van der Waals surface area contributed by atoms with E-state index in [0.717, 1.165) is 60.4 Å². The molecule has 14 nitrogen and oxygen atoms in total. The molecule has 10 atom stereocenters. The zero-order valence-electron chi connectivity index (χ0n) is 65.7. The summed E-state index contributed by atoms with van der Waals surface area (Å²) in [7, 11) is 32.8. The van der Waals surface area contributed by atoms with Gasteiger partial charge in [-0.25, -0.2) is 24.5 Å². The van der Waals surface area contributed by atoms with E-state index >= 15 is 0 Å². The molecule has 0 aromatic heterocycles. The van der Waals surface area contributed by atoms with Crippen molar-refractivity contribution in [1.82, 2.24) is 34.3 Å². The molecule has 87 heavy (non-hydrogen) atoms. The molecule has 0 aromatic carbocycles. The van der Waals surface area contributed by atoms with Crippen molar-refractivity contribution in [3.05, 3.63) is 0 Å². The lowest BCUT2D eigenvalue weighted by atomic mass is 10.1. The zero-order chi connectivity index (χ0) is 66.9. The second-order valence-electron chi connectivity index (χ2n) is 33.9. The lowest BCUT2D eigenvalue weighted by Crippen LogP contribution is -2.45. The molecular formula is C73H167N14+7. The van der Waals surface area contributed by atoms with Gasteiger partial charge in [-0.2, -0.15) is 0 Å². The van der Waals surface area contributed by atoms with Gasteiger partial charge in [0.15, 0.2) is 0 Å². The van der Waals surface area contributed by atoms with Crippen molar-refractivity contribution in [3.63, 3.8) is 0 Å². The van der Waals surface area contributed by atoms with Gasteiger partial charge in [-0.15, -0.1) is 0 Å². The highest BCUT2D eigenvalue weighted by Gasteiger charge is 2.43. The minimum atomic E-state index is 0.754. The summed E-state index contributed by atoms with van der Waals surface area (Å²) in [6.07, 6.45) is 18.3. The summed E-state index contributed by atoms with van der Waals surface area (Å²) in [4.78, 5) is 18.4. The monoisotopic (exact) mass is 1240 g/mol. The molecule has 0 aliphatic carbocycles. The van der Waals surface area contributed by atoms with Crippen LogP contribution in [0.15, 0.2) is 0 Å². The van der Waals surface area contributed by atoms with Crippen LogP contribution < -0.4 is 0 Å². The van der Waals surface area contributed by atoms with Gasteiger partial charge in [0, 0.05) is 50.7 Å². The molecule has 7 aliphatic rings. The number of likely N-dealkylation sites (N-methyl/N-ethyl adjacent to an activating group) is 7. The third kappa shape index (κ3) is 29.3. The van der Waals surface area contributed by atoms with Crippen molar-refractivity contribution in [2.24, 2.45) is 0 Å². The Labute approximate surface area is 548 Å². The Hall–Kier alpha value is -0.560. The van der Waals surface area contributed by atoms with Crippen molar-refractivity contribution in [2.45, 2.75) is 268 Å². The summed E-state index contributed by atoms with van der Waals surface area (Å²) in [5, 5.41) is 0. The molecule has 0 amide bonds. The average Bonchev–Trinajstić information content (AvgIpc) is 2.97. The molecule has 0 spiro atoms. The van der Waals surface area contributed by atoms with Crippen molar-refractivity contribution in [2.75, 3.05) is 217 Å². The standard InChI is InChI=1S/2C12H27N2.C11H25N2.2C10H23N2.2C9H21N2/c1-6-8-12-9-14(4,5)10-13(12)11(3)7-2;1-6-8-12-9-13(11(3)7-2)10-14(12,4)5;1-6-10(3)12-9-13(4,5)8-11(12)7-2;1-5-7-11-9-12(3,4)8-10(11)6-2;1-5-7-11-8-10(6-2)12(3,4)9-11;1-5-6-10-8-11(3,4)7-9(10)2;1-5-6-10-7-9(2)11(3,4)8-10/h2*11-12H,6-10H2,1-5H3;10-11H,6-9H2,1-5H3;2*10H,5-9H2,1-4H3;2*9H,5-8H2,1-4H3/q7*+1. The second kappa shape index (κ2) is 39.3. The van der Waals surface area contributed by atoms with Crippen LogP contribution in [0.1, 0.15) is 208 Å². The molecule has 7 aliphatic heterocycles. The zero-order valence-corrected chi connectivity index (χ0v) is 65.7. The summed E-state index contributed by atoms with van der Waals surface area (Å²) < 4.78 is 8.24. The van der Waals surface area contributed by atoms with E-state index in [-0.39, 0.29) is 0 Å². The van der Waals surface area contributed by atoms with Crippen LogP contribution >= 0.6 is 0 Å². The van der Waals surface area contributed by atoms with Gasteiger partial charge in [-0.3, -0.25) is 9.80 Å². The van der Waals surface area contributed by atoms with E-state index in [1.54, 1.807) is 0 Å². The summed E-state index contributed by atoms with van der Waals surface area (Å²) in [5.41, 5.74) is 0. The van der Waals surface area contributed by atoms with Crippen LogP contribution in [0.3, 0.4) is 0 Å². The molecule has 7 saturated heterocycles. The number of rotatable bonds is 21. The first-order chi connectivity index (χ1) is 40.3. The maximum absolute atomic E-state index is 2.71. The summed E-state index contributed by atoms with van der Waals surface area (Å²) >= 11 is 0. The number of quaternary nitrogens is 7. The topological polar surface area (TPSA) is 22.7 Å². The fourth-order valence-corrected chi connectivity index (χ4v) is 16.0. The van der Waals surface area contributed by atoms with E-state index in [1.165, 1.54) is 240 Å². The molecule has 10 unspecified atom stereocenters. The third-order valence-corrected chi connectivity index (χ3v) is 21.7. The molecule has 522 valence electrons. The van der Waals surface area contributed by atoms with Crippen LogP contribution in [-0.2, 0) is 0 Å². The third-order valence-electron chi connectivity index (χ3n) is 21.7. The Morgan fingerprint density at radius 1 is 0.345 bits per heavy atom. The molecule has 7 heterocycles. The predicted molar refractivity (Wildman–Crippen MR) is 384 cm³/mol. The van der Waals surface area contributed by atoms with Gasteiger partial charge in [-0.05, 0) is 105 Å². The Morgan fingerprint density at radius 3 is 1.15 bits per heavy atom. The number of hydrogen-bond acceptors (Lipinski definition) is 7. The van der Waals surface area contributed by atoms with Crippen LogP contribution in [0.5, 0.6) is 0 Å². The van der Waals surface area contributed by atoms with Crippen LogP contribution in [0.2, 0.25) is 0 Å². The maximum atomic E-state index is 2.71. The fraction of sp³-hybridized carbons (Fsp3) is 1.00. The first-order valence-electron chi connectivity index (χ1n) is 37.2. The first-order valence-corrected chi connectivity index (χ1v) is 37.2. The van der Waals surface area contributed by atoms with E-state index in [1.807, 2.05) is 0 Å². The van der Waals surface area contributed by atoms with E-state index in [2.05, 4.69) is 251 Å². The molecule has 7 fully saturated rings. The molecule has 0 N–H and O–H groups in total. The van der Waals surface area contributed by atoms with E-state index < -0.39 is 0 Å². The Balaban J connectivity index is 0.000000508. The molecule has 0 radical (unpaired) electrons. The Bertz CT molecular complexity index is 1770. The van der Waals surface area contributed by atoms with Crippen molar-refractivity contribution < 1.29 is 31.4 Å². The first kappa shape index (κ1) is 84.5. The lowest BCUT2D eigenvalue weighted by molar-refractivity contribution is -0.906. The Morgan fingerprint density at radius 2 is 0.747 bits per heavy atom. The second-order valence-corrected chi connectivity index (χ2v) is 33.9. The summed E-state index contributed by atoms with van der Waals surface area (Å²) in [5.74, 6) is 0. The van der Waals surface area contributed by atoms with Crippen molar-refractivity contribution >= 4 is 0 Å². The summed E-state index contributed by atoms with van der Waals surface area (Å²) in [6, 6.07) is 8.04. The predicted octanol–water partition coefficient (Wildman–Crippen LogP) is 11.8. The molecule has 14 heteroatoms. The highest BCUT2D eigenvalue weighted by molar-refractivity contribution is 4.80. The molecule has 7 rings (SSSR count). The van der Waals surface area contributed by atoms with Crippen molar-refractivity contribution in [3.8, 4) is 0 Å². The van der Waals surface area contributed by atoms with Gasteiger partial charge < -0.3 is 31.4 Å². The van der Waals surface area contributed by atoms with Gasteiger partial charge in [0.25, 0.3) is 0 Å². The number of nitrogens with zero attached hydrogens (tertiary/aromatic N) is 14. The summed E-state index contributed by atoms with van der Waals surface area (Å²) in [6.45, 7) is 62.1. The van der Waals surface area contributed by atoms with Crippen LogP contribution in [0.4, 0.5) is 0 Å². The van der Waals surface area contributed by atoms with Crippen LogP contribution in [0, 0.1) is 0 Å². The molecular weight excluding hydrogens is 1070 g/mol. The molecule has 0 bridgehead atoms. The van der Waals surface area contributed by atoms with Gasteiger partial charge in [0.2, 0.25) is 0 Å². The van der Waals surface area contributed by atoms with Gasteiger partial charge in [0.1, 0.15) is 58.8 Å². The van der Waals surface area contributed by atoms with E-state index in [0.29, 0.717) is 0 Å². The van der Waals surface area contributed by atoms with Gasteiger partial charge >= 0.3 is 0 Å². The smallest absolute Gasteiger partial charge is 0.135 e. The van der Waals surface area contributed by atoms with E-state index in [4.69, 9.17) is 0 Å².